The summed E-state index contributed by atoms with van der Waals surface area (Å²) in [5.41, 5.74) is 2.21. The lowest BCUT2D eigenvalue weighted by molar-refractivity contribution is -0.0387. The monoisotopic (exact) mass is 640 g/mol. The lowest BCUT2D eigenvalue weighted by Crippen LogP contribution is -2.60. The molecule has 8 bridgehead atoms. The Morgan fingerprint density at radius 2 is 1.41 bits per heavy atom. The zero-order chi connectivity index (χ0) is 28.9. The molecular weight excluding hydrogens is 597 g/mol. The maximum Gasteiger partial charge on any atom is 0.144 e. The first-order chi connectivity index (χ1) is 21.6. The molecular formula is C38H44N2OS3. The second kappa shape index (κ2) is 10.4. The van der Waals surface area contributed by atoms with Gasteiger partial charge in [0.1, 0.15) is 11.5 Å². The Kier molecular flexibility index (Phi) is 6.48. The van der Waals surface area contributed by atoms with Gasteiger partial charge in [0.25, 0.3) is 0 Å². The SMILES string of the molecule is c1csc(-c2ccc(CNC34CC5CC(C3)C(c3ccc(-c6csc(CNC78CC9CC(CC(C9)C7)C8)c6)s3)C(C5)C4)o2)c1. The van der Waals surface area contributed by atoms with Crippen LogP contribution in [0.3, 0.4) is 0 Å². The molecule has 0 aliphatic heterocycles. The molecule has 12 rings (SSSR count). The Bertz CT molecular complexity index is 1590. The molecule has 2 atom stereocenters. The minimum absolute atomic E-state index is 0.301. The van der Waals surface area contributed by atoms with Crippen LogP contribution in [0.4, 0.5) is 0 Å². The van der Waals surface area contributed by atoms with Crippen molar-refractivity contribution >= 4 is 34.0 Å². The molecule has 0 radical (unpaired) electrons. The van der Waals surface area contributed by atoms with E-state index in [1.807, 2.05) is 11.3 Å². The number of hydrogen-bond acceptors (Lipinski definition) is 6. The summed E-state index contributed by atoms with van der Waals surface area (Å²) < 4.78 is 6.24. The van der Waals surface area contributed by atoms with Gasteiger partial charge in [0.2, 0.25) is 0 Å². The zero-order valence-electron chi connectivity index (χ0n) is 25.6. The second-order valence-electron chi connectivity index (χ2n) is 15.9. The van der Waals surface area contributed by atoms with Crippen LogP contribution in [-0.4, -0.2) is 11.1 Å². The van der Waals surface area contributed by atoms with Gasteiger partial charge in [-0.15, -0.1) is 34.0 Å². The highest BCUT2D eigenvalue weighted by molar-refractivity contribution is 7.16. The fourth-order valence-corrected chi connectivity index (χ4v) is 14.8. The summed E-state index contributed by atoms with van der Waals surface area (Å²) in [5.74, 6) is 8.40. The van der Waals surface area contributed by atoms with Crippen molar-refractivity contribution in [2.24, 2.45) is 35.5 Å². The second-order valence-corrected chi connectivity index (χ2v) is 19.0. The summed E-state index contributed by atoms with van der Waals surface area (Å²) in [4.78, 5) is 5.89. The first-order valence-electron chi connectivity index (χ1n) is 17.4. The van der Waals surface area contributed by atoms with Crippen LogP contribution < -0.4 is 10.6 Å². The molecule has 0 aromatic carbocycles. The van der Waals surface area contributed by atoms with Gasteiger partial charge in [-0.3, -0.25) is 0 Å². The van der Waals surface area contributed by atoms with Gasteiger partial charge in [-0.05, 0) is 159 Å². The van der Waals surface area contributed by atoms with Crippen LogP contribution in [-0.2, 0) is 13.1 Å². The molecule has 6 heteroatoms. The lowest BCUT2D eigenvalue weighted by atomic mass is 9.49. The van der Waals surface area contributed by atoms with Crippen LogP contribution in [0.25, 0.3) is 21.1 Å². The van der Waals surface area contributed by atoms with E-state index in [-0.39, 0.29) is 0 Å². The van der Waals surface area contributed by atoms with Crippen molar-refractivity contribution in [3.63, 3.8) is 0 Å². The van der Waals surface area contributed by atoms with Crippen LogP contribution in [0.1, 0.15) is 92.1 Å². The van der Waals surface area contributed by atoms with Crippen molar-refractivity contribution < 1.29 is 4.42 Å². The van der Waals surface area contributed by atoms with Gasteiger partial charge in [-0.1, -0.05) is 6.07 Å². The third-order valence-corrected chi connectivity index (χ3v) is 16.0. The highest BCUT2D eigenvalue weighted by Crippen LogP contribution is 2.62. The van der Waals surface area contributed by atoms with Crippen LogP contribution in [0, 0.1) is 35.5 Å². The lowest BCUT2D eigenvalue weighted by Gasteiger charge is -2.60. The van der Waals surface area contributed by atoms with Gasteiger partial charge in [0.15, 0.2) is 0 Å². The van der Waals surface area contributed by atoms with Gasteiger partial charge < -0.3 is 15.1 Å². The highest BCUT2D eigenvalue weighted by atomic mass is 32.1. The first kappa shape index (κ1) is 27.4. The molecule has 3 nitrogen and oxygen atoms in total. The largest absolute Gasteiger partial charge is 0.459 e. The van der Waals surface area contributed by atoms with E-state index >= 15 is 0 Å². The number of furan rings is 1. The Labute approximate surface area is 273 Å². The average molecular weight is 641 g/mol. The van der Waals surface area contributed by atoms with E-state index in [0.717, 1.165) is 66.0 Å². The van der Waals surface area contributed by atoms with Gasteiger partial charge in [-0.25, -0.2) is 0 Å². The number of thiophene rings is 3. The van der Waals surface area contributed by atoms with Gasteiger partial charge in [-0.2, -0.15) is 0 Å². The molecule has 4 aromatic heterocycles. The molecule has 4 aromatic rings. The first-order valence-corrected chi connectivity index (χ1v) is 19.9. The van der Waals surface area contributed by atoms with Crippen LogP contribution in [0.15, 0.2) is 57.6 Å². The minimum Gasteiger partial charge on any atom is -0.459 e. The van der Waals surface area contributed by atoms with Crippen LogP contribution in [0.2, 0.25) is 0 Å². The third-order valence-electron chi connectivity index (χ3n) is 12.9. The number of rotatable bonds is 9. The third kappa shape index (κ3) is 4.76. The maximum atomic E-state index is 6.24. The number of hydrogen-bond donors (Lipinski definition) is 2. The topological polar surface area (TPSA) is 37.2 Å². The van der Waals surface area contributed by atoms with Gasteiger partial charge in [0.05, 0.1) is 11.4 Å². The Balaban J connectivity index is 0.802. The summed E-state index contributed by atoms with van der Waals surface area (Å²) in [7, 11) is 0. The van der Waals surface area contributed by atoms with Crippen molar-refractivity contribution in [1.82, 2.24) is 10.6 Å². The van der Waals surface area contributed by atoms with Gasteiger partial charge >= 0.3 is 0 Å². The predicted molar refractivity (Wildman–Crippen MR) is 183 cm³/mol. The summed E-state index contributed by atoms with van der Waals surface area (Å²) in [5, 5.41) is 12.8. The smallest absolute Gasteiger partial charge is 0.144 e. The quantitative estimate of drug-likeness (QED) is 0.191. The summed E-state index contributed by atoms with van der Waals surface area (Å²) in [6.07, 6.45) is 15.7. The van der Waals surface area contributed by atoms with Crippen molar-refractivity contribution in [1.29, 1.82) is 0 Å². The van der Waals surface area contributed by atoms with Crippen molar-refractivity contribution in [2.75, 3.05) is 0 Å². The molecule has 230 valence electrons. The standard InChI is InChI=1S/C38H44N2OS3/c1-2-34(42-7-1)32-4-3-30(41-32)20-39-38-17-26-11-27(18-38)36(28(12-26)19-38)35-6-5-33(44-35)29-13-31(43-22-29)21-40-37-14-23-8-24(15-37)10-25(9-23)16-37/h1-7,13,22-28,36,39-40H,8-12,14-21H2. The minimum atomic E-state index is 0.301. The van der Waals surface area contributed by atoms with E-state index in [1.165, 1.54) is 90.8 Å². The molecule has 44 heavy (non-hydrogen) atoms. The maximum absolute atomic E-state index is 6.24. The molecule has 8 saturated carbocycles. The summed E-state index contributed by atoms with van der Waals surface area (Å²) >= 11 is 5.83. The van der Waals surface area contributed by atoms with Crippen LogP contribution >= 0.6 is 34.0 Å². The Hall–Kier alpha value is -1.70. The molecule has 8 aliphatic rings. The average Bonchev–Trinajstić information content (AvgIpc) is 3.81. The highest BCUT2D eigenvalue weighted by Gasteiger charge is 2.56. The van der Waals surface area contributed by atoms with Crippen LogP contribution in [0.5, 0.6) is 0 Å². The summed E-state index contributed by atoms with van der Waals surface area (Å²) in [6, 6.07) is 16.0. The van der Waals surface area contributed by atoms with Crippen molar-refractivity contribution in [3.05, 3.63) is 68.7 Å². The van der Waals surface area contributed by atoms with Crippen molar-refractivity contribution in [3.8, 4) is 21.1 Å². The van der Waals surface area contributed by atoms with E-state index in [1.54, 1.807) is 16.2 Å². The predicted octanol–water partition coefficient (Wildman–Crippen LogP) is 10.3. The molecule has 4 heterocycles. The van der Waals surface area contributed by atoms with E-state index < -0.39 is 0 Å². The normalized spacial score (nSPS) is 38.2. The van der Waals surface area contributed by atoms with Gasteiger partial charge in [0, 0.05) is 37.8 Å². The molecule has 0 spiro atoms. The molecule has 0 amide bonds. The fraction of sp³-hybridized carbons (Fsp3) is 0.579. The number of nitrogens with one attached hydrogen (secondary N) is 2. The summed E-state index contributed by atoms with van der Waals surface area (Å²) in [6.45, 7) is 1.91. The Morgan fingerprint density at radius 3 is 2.14 bits per heavy atom. The Morgan fingerprint density at radius 1 is 0.705 bits per heavy atom. The fourth-order valence-electron chi connectivity index (χ4n) is 11.9. The molecule has 2 unspecified atom stereocenters. The molecule has 8 aliphatic carbocycles. The zero-order valence-corrected chi connectivity index (χ0v) is 28.0. The molecule has 2 N–H and O–H groups in total. The van der Waals surface area contributed by atoms with E-state index in [9.17, 15) is 0 Å². The molecule has 8 fully saturated rings. The van der Waals surface area contributed by atoms with E-state index in [4.69, 9.17) is 4.42 Å². The molecule has 0 saturated heterocycles. The van der Waals surface area contributed by atoms with E-state index in [2.05, 4.69) is 75.2 Å². The van der Waals surface area contributed by atoms with E-state index in [0.29, 0.717) is 11.1 Å². The van der Waals surface area contributed by atoms with Crippen molar-refractivity contribution in [2.45, 2.75) is 101 Å².